The third-order valence-corrected chi connectivity index (χ3v) is 2.85. The van der Waals surface area contributed by atoms with E-state index in [9.17, 15) is 4.79 Å². The largest absolute Gasteiger partial charge is 0.328 e. The summed E-state index contributed by atoms with van der Waals surface area (Å²) in [6.07, 6.45) is 0.868. The molecule has 2 rings (SSSR count). The lowest BCUT2D eigenvalue weighted by atomic mass is 9.94. The molecule has 17 heavy (non-hydrogen) atoms. The van der Waals surface area contributed by atoms with Crippen LogP contribution in [0.3, 0.4) is 0 Å². The normalized spacial score (nSPS) is 15.9. The standard InChI is InChI=1S/C14H18N2O/c1-14(2,3)13-15-8-9-16(13)12-6-4-11(10-17)5-7-12/h4-7,10H,8-9H2,1-3H3. The second kappa shape index (κ2) is 4.32. The van der Waals surface area contributed by atoms with Gasteiger partial charge < -0.3 is 4.90 Å². The highest BCUT2D eigenvalue weighted by Crippen LogP contribution is 2.27. The smallest absolute Gasteiger partial charge is 0.150 e. The van der Waals surface area contributed by atoms with Crippen LogP contribution < -0.4 is 4.90 Å². The summed E-state index contributed by atoms with van der Waals surface area (Å²) in [4.78, 5) is 17.4. The van der Waals surface area contributed by atoms with E-state index in [0.717, 1.165) is 30.9 Å². The van der Waals surface area contributed by atoms with Gasteiger partial charge in [0.1, 0.15) is 12.1 Å². The topological polar surface area (TPSA) is 32.7 Å². The molecule has 0 spiro atoms. The van der Waals surface area contributed by atoms with Crippen LogP contribution in [0.15, 0.2) is 29.3 Å². The second-order valence-corrected chi connectivity index (χ2v) is 5.32. The molecule has 1 aromatic carbocycles. The Morgan fingerprint density at radius 2 is 1.88 bits per heavy atom. The first-order valence-electron chi connectivity index (χ1n) is 5.90. The average Bonchev–Trinajstić information content (AvgIpc) is 2.78. The van der Waals surface area contributed by atoms with E-state index in [1.54, 1.807) is 0 Å². The van der Waals surface area contributed by atoms with Crippen LogP contribution in [-0.4, -0.2) is 25.2 Å². The molecular formula is C14H18N2O. The maximum atomic E-state index is 10.6. The number of hydrogen-bond donors (Lipinski definition) is 0. The number of aliphatic imine (C=N–C) groups is 1. The number of amidine groups is 1. The van der Waals surface area contributed by atoms with Gasteiger partial charge in [0.05, 0.1) is 6.54 Å². The van der Waals surface area contributed by atoms with Crippen molar-refractivity contribution in [2.45, 2.75) is 20.8 Å². The summed E-state index contributed by atoms with van der Waals surface area (Å²) in [7, 11) is 0. The molecule has 0 aromatic heterocycles. The van der Waals surface area contributed by atoms with Gasteiger partial charge in [0.25, 0.3) is 0 Å². The van der Waals surface area contributed by atoms with Crippen molar-refractivity contribution >= 4 is 17.8 Å². The number of aldehydes is 1. The molecule has 0 bridgehead atoms. The van der Waals surface area contributed by atoms with Gasteiger partial charge in [0.15, 0.2) is 0 Å². The quantitative estimate of drug-likeness (QED) is 0.732. The molecule has 0 aliphatic carbocycles. The maximum Gasteiger partial charge on any atom is 0.150 e. The first kappa shape index (κ1) is 11.8. The van der Waals surface area contributed by atoms with Gasteiger partial charge in [-0.25, -0.2) is 0 Å². The van der Waals surface area contributed by atoms with Gasteiger partial charge in [-0.15, -0.1) is 0 Å². The van der Waals surface area contributed by atoms with Crippen LogP contribution in [0.5, 0.6) is 0 Å². The third-order valence-electron chi connectivity index (χ3n) is 2.85. The zero-order valence-corrected chi connectivity index (χ0v) is 10.6. The van der Waals surface area contributed by atoms with E-state index in [-0.39, 0.29) is 5.41 Å². The van der Waals surface area contributed by atoms with Crippen molar-refractivity contribution in [2.24, 2.45) is 10.4 Å². The van der Waals surface area contributed by atoms with Crippen LogP contribution in [-0.2, 0) is 0 Å². The number of rotatable bonds is 2. The van der Waals surface area contributed by atoms with Crippen LogP contribution >= 0.6 is 0 Å². The summed E-state index contributed by atoms with van der Waals surface area (Å²) in [5, 5.41) is 0. The fraction of sp³-hybridized carbons (Fsp3) is 0.429. The van der Waals surface area contributed by atoms with E-state index in [4.69, 9.17) is 0 Å². The number of hydrogen-bond acceptors (Lipinski definition) is 3. The second-order valence-electron chi connectivity index (χ2n) is 5.32. The number of anilines is 1. The minimum absolute atomic E-state index is 0.0554. The molecule has 3 heteroatoms. The van der Waals surface area contributed by atoms with Crippen LogP contribution in [0.1, 0.15) is 31.1 Å². The lowest BCUT2D eigenvalue weighted by molar-refractivity contribution is 0.112. The number of carbonyl (C=O) groups is 1. The number of benzene rings is 1. The molecule has 0 radical (unpaired) electrons. The predicted molar refractivity (Wildman–Crippen MR) is 70.9 cm³/mol. The van der Waals surface area contributed by atoms with Crippen molar-refractivity contribution in [1.29, 1.82) is 0 Å². The first-order valence-corrected chi connectivity index (χ1v) is 5.90. The van der Waals surface area contributed by atoms with E-state index in [0.29, 0.717) is 5.56 Å². The van der Waals surface area contributed by atoms with Gasteiger partial charge in [-0.3, -0.25) is 9.79 Å². The monoisotopic (exact) mass is 230 g/mol. The Morgan fingerprint density at radius 3 is 2.41 bits per heavy atom. The van der Waals surface area contributed by atoms with Gasteiger partial charge in [-0.2, -0.15) is 0 Å². The zero-order chi connectivity index (χ0) is 12.5. The summed E-state index contributed by atoms with van der Waals surface area (Å²) in [5.41, 5.74) is 1.88. The molecule has 0 amide bonds. The summed E-state index contributed by atoms with van der Waals surface area (Å²) in [6.45, 7) is 8.28. The van der Waals surface area contributed by atoms with E-state index >= 15 is 0 Å². The number of nitrogens with zero attached hydrogens (tertiary/aromatic N) is 2. The minimum atomic E-state index is 0.0554. The Hall–Kier alpha value is -1.64. The van der Waals surface area contributed by atoms with Crippen molar-refractivity contribution < 1.29 is 4.79 Å². The molecule has 0 unspecified atom stereocenters. The van der Waals surface area contributed by atoms with Gasteiger partial charge in [0.2, 0.25) is 0 Å². The van der Waals surface area contributed by atoms with Crippen molar-refractivity contribution in [3.63, 3.8) is 0 Å². The molecule has 1 aliphatic heterocycles. The molecule has 3 nitrogen and oxygen atoms in total. The van der Waals surface area contributed by atoms with E-state index in [2.05, 4.69) is 30.7 Å². The summed E-state index contributed by atoms with van der Waals surface area (Å²) in [6, 6.07) is 7.66. The van der Waals surface area contributed by atoms with E-state index in [1.807, 2.05) is 24.3 Å². The summed E-state index contributed by atoms with van der Waals surface area (Å²) < 4.78 is 0. The predicted octanol–water partition coefficient (Wildman–Crippen LogP) is 2.76. The highest BCUT2D eigenvalue weighted by molar-refractivity contribution is 6.02. The summed E-state index contributed by atoms with van der Waals surface area (Å²) >= 11 is 0. The van der Waals surface area contributed by atoms with Crippen LogP contribution in [0.25, 0.3) is 0 Å². The fourth-order valence-corrected chi connectivity index (χ4v) is 2.07. The molecule has 1 aliphatic rings. The Morgan fingerprint density at radius 1 is 1.24 bits per heavy atom. The highest BCUT2D eigenvalue weighted by atomic mass is 16.1. The average molecular weight is 230 g/mol. The van der Waals surface area contributed by atoms with Gasteiger partial charge in [-0.1, -0.05) is 20.8 Å². The summed E-state index contributed by atoms with van der Waals surface area (Å²) in [5.74, 6) is 1.12. The van der Waals surface area contributed by atoms with Crippen molar-refractivity contribution in [3.8, 4) is 0 Å². The van der Waals surface area contributed by atoms with Crippen LogP contribution in [0.2, 0.25) is 0 Å². The van der Waals surface area contributed by atoms with Crippen LogP contribution in [0.4, 0.5) is 5.69 Å². The fourth-order valence-electron chi connectivity index (χ4n) is 2.07. The highest BCUT2D eigenvalue weighted by Gasteiger charge is 2.28. The van der Waals surface area contributed by atoms with Gasteiger partial charge in [-0.05, 0) is 24.3 Å². The molecule has 0 saturated carbocycles. The first-order chi connectivity index (χ1) is 8.02. The Kier molecular flexibility index (Phi) is 3.01. The zero-order valence-electron chi connectivity index (χ0n) is 10.6. The molecule has 90 valence electrons. The molecular weight excluding hydrogens is 212 g/mol. The Bertz CT molecular complexity index is 440. The minimum Gasteiger partial charge on any atom is -0.328 e. The molecule has 0 atom stereocenters. The molecule has 0 saturated heterocycles. The van der Waals surface area contributed by atoms with E-state index in [1.165, 1.54) is 0 Å². The lowest BCUT2D eigenvalue weighted by Gasteiger charge is -2.29. The van der Waals surface area contributed by atoms with Gasteiger partial charge in [0, 0.05) is 23.2 Å². The Balaban J connectivity index is 2.28. The van der Waals surface area contributed by atoms with E-state index < -0.39 is 0 Å². The van der Waals surface area contributed by atoms with Crippen molar-refractivity contribution in [3.05, 3.63) is 29.8 Å². The molecule has 0 N–H and O–H groups in total. The third kappa shape index (κ3) is 2.38. The molecule has 0 fully saturated rings. The van der Waals surface area contributed by atoms with Crippen molar-refractivity contribution in [2.75, 3.05) is 18.0 Å². The number of carbonyl (C=O) groups excluding carboxylic acids is 1. The molecule has 1 aromatic rings. The maximum absolute atomic E-state index is 10.6. The van der Waals surface area contributed by atoms with Crippen LogP contribution in [0, 0.1) is 5.41 Å². The molecule has 1 heterocycles. The van der Waals surface area contributed by atoms with Gasteiger partial charge >= 0.3 is 0 Å². The lowest BCUT2D eigenvalue weighted by Crippen LogP contribution is -2.36. The SMILES string of the molecule is CC(C)(C)C1=NCCN1c1ccc(C=O)cc1. The Labute approximate surface area is 102 Å². The van der Waals surface area contributed by atoms with Crippen molar-refractivity contribution in [1.82, 2.24) is 0 Å².